The van der Waals surface area contributed by atoms with Gasteiger partial charge >= 0.3 is 5.97 Å². The molecule has 0 aromatic rings. The first-order valence-electron chi connectivity index (χ1n) is 11.5. The van der Waals surface area contributed by atoms with Crippen molar-refractivity contribution in [2.75, 3.05) is 46.8 Å². The Bertz CT molecular complexity index is 762. The van der Waals surface area contributed by atoms with E-state index in [0.29, 0.717) is 18.2 Å². The molecule has 11 nitrogen and oxygen atoms in total. The Morgan fingerprint density at radius 2 is 1.74 bits per heavy atom. The molecule has 2 saturated heterocycles. The minimum Gasteiger partial charge on any atom is -0.355 e. The quantitative estimate of drug-likeness (QED) is 0.336. The Morgan fingerprint density at radius 1 is 1.10 bits per heavy atom. The Morgan fingerprint density at radius 3 is 2.39 bits per heavy atom. The van der Waals surface area contributed by atoms with E-state index in [1.807, 2.05) is 7.05 Å². The van der Waals surface area contributed by atoms with Crippen molar-refractivity contribution in [3.05, 3.63) is 0 Å². The minimum atomic E-state index is -1.17. The highest BCUT2D eigenvalue weighted by molar-refractivity contribution is 6.01. The van der Waals surface area contributed by atoms with Crippen LogP contribution in [0.1, 0.15) is 42.3 Å². The maximum atomic E-state index is 12.8. The molecule has 2 heterocycles. The van der Waals surface area contributed by atoms with Crippen molar-refractivity contribution in [2.45, 2.75) is 45.6 Å². The van der Waals surface area contributed by atoms with Crippen LogP contribution >= 0.6 is 0 Å². The highest BCUT2D eigenvalue weighted by Crippen LogP contribution is 2.27. The topological polar surface area (TPSA) is 128 Å². The molecule has 0 aromatic heterocycles. The SMILES string of the molecule is [2H][13CH]([2H])N1[13CH2]CN([13CH3])[13CH2][13CH]1C(C)(C)C(=O)NCCC(=O)NCC[13C](=O)ON1C(=O)CCC1=O. The lowest BCUT2D eigenvalue weighted by Gasteiger charge is -2.45. The molecule has 31 heavy (non-hydrogen) atoms. The summed E-state index contributed by atoms with van der Waals surface area (Å²) in [6.45, 7) is 4.22. The smallest absolute Gasteiger partial charge is 0.334 e. The fourth-order valence-corrected chi connectivity index (χ4v) is 3.44. The Hall–Kier alpha value is -2.53. The van der Waals surface area contributed by atoms with E-state index in [-0.39, 0.29) is 56.6 Å². The van der Waals surface area contributed by atoms with E-state index in [9.17, 15) is 24.0 Å². The number of likely N-dealkylation sites (N-methyl/N-ethyl adjacent to an activating group) is 2. The van der Waals surface area contributed by atoms with E-state index >= 15 is 0 Å². The predicted octanol–water partition coefficient (Wildman–Crippen LogP) is -1.12. The zero-order valence-corrected chi connectivity index (χ0v) is 18.3. The van der Waals surface area contributed by atoms with Crippen molar-refractivity contribution in [3.63, 3.8) is 0 Å². The summed E-state index contributed by atoms with van der Waals surface area (Å²) in [5.74, 6) is -2.60. The molecule has 2 N–H and O–H groups in total. The molecule has 1 unspecified atom stereocenters. The first kappa shape index (κ1) is 21.7. The number of carbonyl (C=O) groups is 5. The molecule has 174 valence electrons. The van der Waals surface area contributed by atoms with Crippen LogP contribution in [-0.4, -0.2) is 97.3 Å². The predicted molar refractivity (Wildman–Crippen MR) is 110 cm³/mol. The average molecular weight is 447 g/mol. The van der Waals surface area contributed by atoms with Gasteiger partial charge in [-0.2, -0.15) is 0 Å². The fourth-order valence-electron chi connectivity index (χ4n) is 3.44. The van der Waals surface area contributed by atoms with Gasteiger partial charge in [0.05, 0.1) is 11.8 Å². The second-order valence-corrected chi connectivity index (χ2v) is 8.39. The lowest BCUT2D eigenvalue weighted by molar-refractivity contribution is -0.197. The summed E-state index contributed by atoms with van der Waals surface area (Å²) >= 11 is 0. The molecular formula is C20H33N5O6. The van der Waals surface area contributed by atoms with Crippen molar-refractivity contribution >= 4 is 29.6 Å². The molecule has 0 aromatic carbocycles. The molecular weight excluding hydrogens is 412 g/mol. The van der Waals surface area contributed by atoms with Crippen molar-refractivity contribution in [1.82, 2.24) is 25.5 Å². The molecule has 2 rings (SSSR count). The number of nitrogens with one attached hydrogen (secondary N) is 2. The third-order valence-electron chi connectivity index (χ3n) is 5.53. The van der Waals surface area contributed by atoms with Crippen LogP contribution in [0.5, 0.6) is 0 Å². The van der Waals surface area contributed by atoms with Gasteiger partial charge in [-0.3, -0.25) is 24.1 Å². The van der Waals surface area contributed by atoms with Gasteiger partial charge in [-0.05, 0) is 27.9 Å². The van der Waals surface area contributed by atoms with Crippen LogP contribution in [0.3, 0.4) is 0 Å². The van der Waals surface area contributed by atoms with E-state index in [4.69, 9.17) is 7.58 Å². The summed E-state index contributed by atoms with van der Waals surface area (Å²) in [6, 6.07) is -0.314. The largest absolute Gasteiger partial charge is 0.355 e. The van der Waals surface area contributed by atoms with E-state index < -0.39 is 30.2 Å². The Balaban J connectivity index is 1.71. The van der Waals surface area contributed by atoms with Crippen molar-refractivity contribution in [1.29, 1.82) is 0 Å². The Kier molecular flexibility index (Phi) is 7.47. The van der Waals surface area contributed by atoms with E-state index in [1.54, 1.807) is 18.7 Å². The summed E-state index contributed by atoms with van der Waals surface area (Å²) < 4.78 is 15.6. The number of nitrogens with zero attached hydrogens (tertiary/aromatic N) is 3. The lowest BCUT2D eigenvalue weighted by atomic mass is 9.99. The molecule has 0 spiro atoms. The van der Waals surface area contributed by atoms with Gasteiger partial charge in [0, 0.05) is 60.8 Å². The fraction of sp³-hybridized carbons (Fsp3) is 0.750. The molecule has 2 aliphatic heterocycles. The minimum absolute atomic E-state index is 0.00619. The molecule has 11 heteroatoms. The number of carbonyl (C=O) groups excluding carboxylic acids is 5. The molecule has 1 atom stereocenters. The summed E-state index contributed by atoms with van der Waals surface area (Å²) in [7, 11) is 1.93. The van der Waals surface area contributed by atoms with Crippen molar-refractivity contribution in [3.8, 4) is 0 Å². The maximum Gasteiger partial charge on any atom is 0.334 e. The normalized spacial score (nSPS) is 21.7. The lowest BCUT2D eigenvalue weighted by Crippen LogP contribution is -2.60. The standard InChI is InChI=1S/C20H33N5O6/c1-20(2,14-13-23(3)11-12-24(14)4)19(30)22-9-7-15(26)21-10-8-18(29)31-25-16(27)5-6-17(25)28/h14H,5-13H2,1-4H3,(H,21,26)(H,22,30)/i3+1,4+1D2,12+1,13+1,14+1,18+1. The van der Waals surface area contributed by atoms with Crippen LogP contribution < -0.4 is 10.6 Å². The van der Waals surface area contributed by atoms with Crippen LogP contribution in [0, 0.1) is 5.41 Å². The molecule has 2 fully saturated rings. The van der Waals surface area contributed by atoms with Gasteiger partial charge in [-0.15, -0.1) is 5.06 Å². The first-order valence-corrected chi connectivity index (χ1v) is 10.3. The van der Waals surface area contributed by atoms with Crippen LogP contribution in [0.4, 0.5) is 0 Å². The summed E-state index contributed by atoms with van der Waals surface area (Å²) in [5, 5.41) is 5.72. The summed E-state index contributed by atoms with van der Waals surface area (Å²) in [5.41, 5.74) is -0.875. The first-order chi connectivity index (χ1) is 15.4. The highest BCUT2D eigenvalue weighted by atomic mass is 16.8. The van der Waals surface area contributed by atoms with Gasteiger partial charge in [0.2, 0.25) is 11.8 Å². The van der Waals surface area contributed by atoms with Gasteiger partial charge < -0.3 is 20.4 Å². The van der Waals surface area contributed by atoms with Crippen LogP contribution in [0.15, 0.2) is 0 Å². The zero-order chi connectivity index (χ0) is 24.8. The number of hydrogen-bond donors (Lipinski definition) is 2. The van der Waals surface area contributed by atoms with Crippen LogP contribution in [0.2, 0.25) is 0 Å². The molecule has 2 aliphatic rings. The molecule has 0 aliphatic carbocycles. The zero-order valence-electron chi connectivity index (χ0n) is 20.3. The number of hydroxylamine groups is 2. The number of piperazine rings is 1. The van der Waals surface area contributed by atoms with E-state index in [0.717, 1.165) is 6.54 Å². The Labute approximate surface area is 185 Å². The summed E-state index contributed by atoms with van der Waals surface area (Å²) in [4.78, 5) is 67.8. The van der Waals surface area contributed by atoms with Crippen LogP contribution in [-0.2, 0) is 28.8 Å². The average Bonchev–Trinajstić information content (AvgIpc) is 3.05. The van der Waals surface area contributed by atoms with Crippen LogP contribution in [0.25, 0.3) is 0 Å². The molecule has 0 radical (unpaired) electrons. The third kappa shape index (κ3) is 6.73. The maximum absolute atomic E-state index is 12.8. The van der Waals surface area contributed by atoms with Gasteiger partial charge in [-0.1, -0.05) is 0 Å². The number of imide groups is 1. The van der Waals surface area contributed by atoms with Gasteiger partial charge in [-0.25, -0.2) is 4.79 Å². The van der Waals surface area contributed by atoms with Gasteiger partial charge in [0.15, 0.2) is 0 Å². The van der Waals surface area contributed by atoms with Gasteiger partial charge in [0.1, 0.15) is 0 Å². The van der Waals surface area contributed by atoms with Gasteiger partial charge in [0.25, 0.3) is 11.8 Å². The van der Waals surface area contributed by atoms with E-state index in [1.165, 1.54) is 0 Å². The van der Waals surface area contributed by atoms with Crippen molar-refractivity contribution in [2.24, 2.45) is 5.41 Å². The highest BCUT2D eigenvalue weighted by Gasteiger charge is 2.41. The number of rotatable bonds is 9. The number of amides is 4. The molecule has 4 amide bonds. The molecule has 0 bridgehead atoms. The summed E-state index contributed by atoms with van der Waals surface area (Å²) in [6.07, 6.45) is -0.205. The number of hydrogen-bond acceptors (Lipinski definition) is 8. The van der Waals surface area contributed by atoms with Crippen molar-refractivity contribution < 1.29 is 31.6 Å². The second kappa shape index (κ2) is 10.7. The third-order valence-corrected chi connectivity index (χ3v) is 5.53. The monoisotopic (exact) mass is 447 g/mol. The van der Waals surface area contributed by atoms with E-state index in [2.05, 4.69) is 15.5 Å². The molecule has 0 saturated carbocycles. The second-order valence-electron chi connectivity index (χ2n) is 8.39.